The van der Waals surface area contributed by atoms with Gasteiger partial charge in [-0.25, -0.2) is 8.42 Å². The lowest BCUT2D eigenvalue weighted by Crippen LogP contribution is -2.32. The van der Waals surface area contributed by atoms with Crippen LogP contribution in [0.3, 0.4) is 0 Å². The lowest BCUT2D eigenvalue weighted by molar-refractivity contribution is -0.121. The van der Waals surface area contributed by atoms with E-state index < -0.39 is 10.0 Å². The van der Waals surface area contributed by atoms with Crippen molar-refractivity contribution in [1.82, 2.24) is 9.62 Å². The first-order valence-corrected chi connectivity index (χ1v) is 12.1. The molecule has 1 unspecified atom stereocenters. The van der Waals surface area contributed by atoms with Crippen LogP contribution in [0.25, 0.3) is 0 Å². The second kappa shape index (κ2) is 9.28. The molecule has 2 aromatic rings. The Morgan fingerprint density at radius 2 is 1.79 bits per heavy atom. The maximum absolute atomic E-state index is 12.7. The topological polar surface area (TPSA) is 75.7 Å². The third-order valence-electron chi connectivity index (χ3n) is 5.09. The van der Waals surface area contributed by atoms with Crippen molar-refractivity contribution in [1.29, 1.82) is 0 Å². The number of carbonyl (C=O) groups excluding carboxylic acids is 1. The molecule has 0 radical (unpaired) electrons. The molecule has 1 N–H and O–H groups in total. The molecule has 0 spiro atoms. The molecule has 0 bridgehead atoms. The number of rotatable bonds is 8. The van der Waals surface area contributed by atoms with E-state index >= 15 is 0 Å². The van der Waals surface area contributed by atoms with E-state index in [-0.39, 0.29) is 24.3 Å². The van der Waals surface area contributed by atoms with E-state index in [9.17, 15) is 13.2 Å². The average Bonchev–Trinajstić information content (AvgIpc) is 3.39. The van der Waals surface area contributed by atoms with Crippen molar-refractivity contribution in [2.75, 3.05) is 20.2 Å². The molecular weight excluding hydrogens is 408 g/mol. The predicted molar refractivity (Wildman–Crippen MR) is 115 cm³/mol. The van der Waals surface area contributed by atoms with E-state index in [1.54, 1.807) is 19.2 Å². The molecule has 3 rings (SSSR count). The zero-order valence-electron chi connectivity index (χ0n) is 17.1. The van der Waals surface area contributed by atoms with Crippen LogP contribution < -0.4 is 10.1 Å². The molecule has 1 amide bonds. The van der Waals surface area contributed by atoms with Crippen molar-refractivity contribution < 1.29 is 17.9 Å². The summed E-state index contributed by atoms with van der Waals surface area (Å²) >= 11 is 1.18. The molecule has 1 aromatic heterocycles. The van der Waals surface area contributed by atoms with Gasteiger partial charge >= 0.3 is 0 Å². The first-order chi connectivity index (χ1) is 13.8. The van der Waals surface area contributed by atoms with Gasteiger partial charge in [0.15, 0.2) is 0 Å². The molecule has 2 heterocycles. The van der Waals surface area contributed by atoms with Crippen molar-refractivity contribution >= 4 is 27.3 Å². The molecule has 1 aromatic carbocycles. The van der Waals surface area contributed by atoms with Crippen LogP contribution in [0.2, 0.25) is 0 Å². The Balaban J connectivity index is 1.67. The van der Waals surface area contributed by atoms with Crippen LogP contribution in [0.5, 0.6) is 5.75 Å². The molecule has 0 saturated carbocycles. The van der Waals surface area contributed by atoms with Crippen LogP contribution >= 0.6 is 11.3 Å². The number of thiophene rings is 1. The molecule has 1 aliphatic rings. The number of nitrogens with one attached hydrogen (secondary N) is 1. The summed E-state index contributed by atoms with van der Waals surface area (Å²) < 4.78 is 32.4. The van der Waals surface area contributed by atoms with Gasteiger partial charge in [0.25, 0.3) is 10.0 Å². The first-order valence-electron chi connectivity index (χ1n) is 9.83. The lowest BCUT2D eigenvalue weighted by Gasteiger charge is -2.23. The Hall–Kier alpha value is -1.90. The highest BCUT2D eigenvalue weighted by molar-refractivity contribution is 7.91. The highest BCUT2D eigenvalue weighted by Gasteiger charge is 2.28. The normalized spacial score (nSPS) is 16.1. The highest BCUT2D eigenvalue weighted by atomic mass is 32.2. The van der Waals surface area contributed by atoms with E-state index in [0.717, 1.165) is 29.0 Å². The van der Waals surface area contributed by atoms with E-state index in [2.05, 4.69) is 19.2 Å². The zero-order valence-corrected chi connectivity index (χ0v) is 18.7. The molecule has 0 aliphatic carbocycles. The third-order valence-corrected chi connectivity index (χ3v) is 8.54. The summed E-state index contributed by atoms with van der Waals surface area (Å²) in [7, 11) is -1.81. The number of hydrogen-bond donors (Lipinski definition) is 1. The van der Waals surface area contributed by atoms with Crippen molar-refractivity contribution in [3.05, 3.63) is 46.8 Å². The number of nitrogens with zero attached hydrogens (tertiary/aromatic N) is 1. The highest BCUT2D eigenvalue weighted by Crippen LogP contribution is 2.28. The van der Waals surface area contributed by atoms with Crippen LogP contribution in [0.15, 0.2) is 40.6 Å². The van der Waals surface area contributed by atoms with Gasteiger partial charge in [0.2, 0.25) is 5.91 Å². The fourth-order valence-electron chi connectivity index (χ4n) is 3.48. The first kappa shape index (κ1) is 21.8. The maximum Gasteiger partial charge on any atom is 0.252 e. The fraction of sp³-hybridized carbons (Fsp3) is 0.476. The number of carbonyl (C=O) groups is 1. The quantitative estimate of drug-likeness (QED) is 0.686. The Morgan fingerprint density at radius 3 is 2.38 bits per heavy atom. The summed E-state index contributed by atoms with van der Waals surface area (Å²) in [5.74, 6) is 0.862. The molecule has 29 heavy (non-hydrogen) atoms. The summed E-state index contributed by atoms with van der Waals surface area (Å²) in [5, 5.41) is 3.09. The molecule has 1 fully saturated rings. The van der Waals surface area contributed by atoms with Crippen molar-refractivity contribution in [3.8, 4) is 5.75 Å². The Kier molecular flexibility index (Phi) is 6.97. The van der Waals surface area contributed by atoms with Crippen LogP contribution in [-0.2, 0) is 21.2 Å². The van der Waals surface area contributed by atoms with E-state index in [1.807, 2.05) is 24.3 Å². The lowest BCUT2D eigenvalue weighted by atomic mass is 9.95. The molecule has 6 nitrogen and oxygen atoms in total. The number of hydrogen-bond acceptors (Lipinski definition) is 5. The Bertz CT molecular complexity index is 930. The molecule has 1 aliphatic heterocycles. The van der Waals surface area contributed by atoms with Gasteiger partial charge in [-0.05, 0) is 48.6 Å². The number of sulfonamides is 1. The molecule has 1 saturated heterocycles. The van der Waals surface area contributed by atoms with Gasteiger partial charge in [0, 0.05) is 18.0 Å². The number of methoxy groups -OCH3 is 1. The second-order valence-corrected chi connectivity index (χ2v) is 10.9. The van der Waals surface area contributed by atoms with Gasteiger partial charge in [0.1, 0.15) is 9.96 Å². The molecular formula is C21H28N2O4S2. The van der Waals surface area contributed by atoms with E-state index in [4.69, 9.17) is 4.74 Å². The standard InChI is InChI=1S/C21H28N2O4S2/c1-15(2)21(16-6-8-17(27-3)9-7-16)22-19(24)14-18-10-11-20(28-18)29(25,26)23-12-4-5-13-23/h6-11,15,21H,4-5,12-14H2,1-3H3,(H,22,24). The minimum Gasteiger partial charge on any atom is -0.497 e. The fourth-order valence-corrected chi connectivity index (χ4v) is 6.50. The largest absolute Gasteiger partial charge is 0.497 e. The summed E-state index contributed by atoms with van der Waals surface area (Å²) in [6.45, 7) is 5.27. The smallest absolute Gasteiger partial charge is 0.252 e. The van der Waals surface area contributed by atoms with Crippen molar-refractivity contribution in [2.24, 2.45) is 5.92 Å². The van der Waals surface area contributed by atoms with Crippen LogP contribution in [-0.4, -0.2) is 38.8 Å². The SMILES string of the molecule is COc1ccc(C(NC(=O)Cc2ccc(S(=O)(=O)N3CCCC3)s2)C(C)C)cc1. The van der Waals surface area contributed by atoms with Gasteiger partial charge in [-0.3, -0.25) is 4.79 Å². The van der Waals surface area contributed by atoms with Gasteiger partial charge in [-0.2, -0.15) is 4.31 Å². The molecule has 8 heteroatoms. The number of amides is 1. The Labute approximate surface area is 176 Å². The van der Waals surface area contributed by atoms with Crippen molar-refractivity contribution in [3.63, 3.8) is 0 Å². The predicted octanol–water partition coefficient (Wildman–Crippen LogP) is 3.60. The summed E-state index contributed by atoms with van der Waals surface area (Å²) in [6, 6.07) is 10.9. The molecule has 1 atom stereocenters. The summed E-state index contributed by atoms with van der Waals surface area (Å²) in [6.07, 6.45) is 1.98. The molecule has 158 valence electrons. The summed E-state index contributed by atoms with van der Waals surface area (Å²) in [5.41, 5.74) is 1.01. The van der Waals surface area contributed by atoms with Crippen LogP contribution in [0.4, 0.5) is 0 Å². The van der Waals surface area contributed by atoms with Crippen LogP contribution in [0, 0.1) is 5.92 Å². The van der Waals surface area contributed by atoms with Gasteiger partial charge in [-0.1, -0.05) is 26.0 Å². The second-order valence-electron chi connectivity index (χ2n) is 7.57. The van der Waals surface area contributed by atoms with Crippen LogP contribution in [0.1, 0.15) is 43.2 Å². The van der Waals surface area contributed by atoms with Gasteiger partial charge < -0.3 is 10.1 Å². The van der Waals surface area contributed by atoms with E-state index in [1.165, 1.54) is 15.6 Å². The maximum atomic E-state index is 12.7. The van der Waals surface area contributed by atoms with Crippen molar-refractivity contribution in [2.45, 2.75) is 43.4 Å². The minimum absolute atomic E-state index is 0.119. The summed E-state index contributed by atoms with van der Waals surface area (Å²) in [4.78, 5) is 13.4. The van der Waals surface area contributed by atoms with E-state index in [0.29, 0.717) is 17.3 Å². The minimum atomic E-state index is -3.43. The average molecular weight is 437 g/mol. The monoisotopic (exact) mass is 436 g/mol. The zero-order chi connectivity index (χ0) is 21.0. The third kappa shape index (κ3) is 5.18. The number of ether oxygens (including phenoxy) is 1. The van der Waals surface area contributed by atoms with Gasteiger partial charge in [-0.15, -0.1) is 11.3 Å². The number of benzene rings is 1. The van der Waals surface area contributed by atoms with Gasteiger partial charge in [0.05, 0.1) is 19.6 Å². The Morgan fingerprint density at radius 1 is 1.14 bits per heavy atom.